The van der Waals surface area contributed by atoms with Crippen LogP contribution in [-0.4, -0.2) is 11.4 Å². The maximum absolute atomic E-state index is 14.2. The van der Waals surface area contributed by atoms with E-state index in [2.05, 4.69) is 15.9 Å². The smallest absolute Gasteiger partial charge is 0.217 e. The SMILES string of the molecule is O=Cc1ccc(-c2c3cc(F)c(=O)cc-3oc3c(Br)c(O)c(F)cc23)cc1. The Labute approximate surface area is 159 Å². The van der Waals surface area contributed by atoms with Crippen molar-refractivity contribution in [3.8, 4) is 28.2 Å². The second kappa shape index (κ2) is 6.28. The van der Waals surface area contributed by atoms with Crippen LogP contribution >= 0.6 is 15.9 Å². The quantitative estimate of drug-likeness (QED) is 0.353. The van der Waals surface area contributed by atoms with Crippen LogP contribution in [0, 0.1) is 11.6 Å². The molecular weight excluding hydrogens is 422 g/mol. The molecule has 0 saturated carbocycles. The lowest BCUT2D eigenvalue weighted by Gasteiger charge is -2.16. The summed E-state index contributed by atoms with van der Waals surface area (Å²) in [5, 5.41) is 10.1. The van der Waals surface area contributed by atoms with Crippen molar-refractivity contribution in [1.82, 2.24) is 0 Å². The number of fused-ring (bicyclic) bond motifs is 2. The van der Waals surface area contributed by atoms with E-state index in [1.54, 1.807) is 24.3 Å². The van der Waals surface area contributed by atoms with Gasteiger partial charge in [-0.2, -0.15) is 0 Å². The molecular formula is C20H9BrF2O4. The number of hydrogen-bond donors (Lipinski definition) is 1. The van der Waals surface area contributed by atoms with E-state index in [1.807, 2.05) is 0 Å². The van der Waals surface area contributed by atoms with Crippen LogP contribution in [0.3, 0.4) is 0 Å². The van der Waals surface area contributed by atoms with Gasteiger partial charge in [-0.05, 0) is 33.6 Å². The first-order valence-corrected chi connectivity index (χ1v) is 8.52. The Morgan fingerprint density at radius 1 is 1.04 bits per heavy atom. The zero-order valence-electron chi connectivity index (χ0n) is 13.4. The van der Waals surface area contributed by atoms with Crippen LogP contribution in [0.2, 0.25) is 0 Å². The Morgan fingerprint density at radius 2 is 1.74 bits per heavy atom. The summed E-state index contributed by atoms with van der Waals surface area (Å²) in [6, 6.07) is 9.48. The van der Waals surface area contributed by atoms with E-state index in [-0.39, 0.29) is 26.8 Å². The molecule has 27 heavy (non-hydrogen) atoms. The third-order valence-corrected chi connectivity index (χ3v) is 5.01. The Balaban J connectivity index is 2.22. The summed E-state index contributed by atoms with van der Waals surface area (Å²) in [5.74, 6) is -2.43. The maximum Gasteiger partial charge on any atom is 0.217 e. The average molecular weight is 431 g/mol. The molecule has 1 N–H and O–H groups in total. The fourth-order valence-electron chi connectivity index (χ4n) is 2.99. The van der Waals surface area contributed by atoms with E-state index >= 15 is 0 Å². The van der Waals surface area contributed by atoms with Gasteiger partial charge in [-0.15, -0.1) is 0 Å². The lowest BCUT2D eigenvalue weighted by Crippen LogP contribution is -2.06. The van der Waals surface area contributed by atoms with Gasteiger partial charge in [-0.3, -0.25) is 9.59 Å². The second-order valence-corrected chi connectivity index (χ2v) is 6.69. The van der Waals surface area contributed by atoms with Gasteiger partial charge >= 0.3 is 0 Å². The minimum Gasteiger partial charge on any atom is -0.504 e. The zero-order chi connectivity index (χ0) is 19.3. The predicted molar refractivity (Wildman–Crippen MR) is 99.2 cm³/mol. The number of phenols is 1. The zero-order valence-corrected chi connectivity index (χ0v) is 15.0. The van der Waals surface area contributed by atoms with Crippen molar-refractivity contribution in [2.24, 2.45) is 0 Å². The fourth-order valence-corrected chi connectivity index (χ4v) is 3.47. The summed E-state index contributed by atoms with van der Waals surface area (Å²) in [4.78, 5) is 22.6. The van der Waals surface area contributed by atoms with Gasteiger partial charge in [0.25, 0.3) is 0 Å². The number of rotatable bonds is 2. The molecule has 4 rings (SSSR count). The van der Waals surface area contributed by atoms with Gasteiger partial charge in [0.15, 0.2) is 23.0 Å². The summed E-state index contributed by atoms with van der Waals surface area (Å²) < 4.78 is 33.8. The first-order valence-electron chi connectivity index (χ1n) is 7.73. The van der Waals surface area contributed by atoms with Crippen molar-refractivity contribution < 1.29 is 23.1 Å². The van der Waals surface area contributed by atoms with Crippen LogP contribution in [0.1, 0.15) is 10.4 Å². The number of phenolic OH excluding ortho intramolecular Hbond substituents is 1. The van der Waals surface area contributed by atoms with E-state index < -0.39 is 22.8 Å². The Bertz CT molecular complexity index is 1250. The molecule has 1 heterocycles. The van der Waals surface area contributed by atoms with Gasteiger partial charge in [-0.25, -0.2) is 8.78 Å². The molecule has 4 nitrogen and oxygen atoms in total. The standard InChI is InChI=1S/C20H9BrF2O4/c21-18-19(26)14(23)6-12-17(10-3-1-9(8-24)2-4-10)11-5-13(22)15(25)7-16(11)27-20(12)18/h1-8,26H. The molecule has 0 unspecified atom stereocenters. The molecule has 0 saturated heterocycles. The van der Waals surface area contributed by atoms with Gasteiger partial charge in [0.05, 0.1) is 0 Å². The number of carbonyl (C=O) groups excluding carboxylic acids is 1. The molecule has 0 radical (unpaired) electrons. The van der Waals surface area contributed by atoms with Gasteiger partial charge in [-0.1, -0.05) is 24.3 Å². The summed E-state index contributed by atoms with van der Waals surface area (Å²) >= 11 is 3.10. The highest BCUT2D eigenvalue weighted by Gasteiger charge is 2.23. The molecule has 0 atom stereocenters. The van der Waals surface area contributed by atoms with Crippen molar-refractivity contribution >= 4 is 33.2 Å². The summed E-state index contributed by atoms with van der Waals surface area (Å²) in [7, 11) is 0. The molecule has 0 bridgehead atoms. The largest absolute Gasteiger partial charge is 0.504 e. The molecule has 0 spiro atoms. The highest BCUT2D eigenvalue weighted by atomic mass is 79.9. The van der Waals surface area contributed by atoms with Crippen LogP contribution in [-0.2, 0) is 0 Å². The monoisotopic (exact) mass is 430 g/mol. The first-order chi connectivity index (χ1) is 12.9. The van der Waals surface area contributed by atoms with Crippen LogP contribution < -0.4 is 5.43 Å². The Kier molecular flexibility index (Phi) is 4.04. The van der Waals surface area contributed by atoms with E-state index in [0.717, 1.165) is 18.2 Å². The number of halogens is 3. The third kappa shape index (κ3) is 2.71. The van der Waals surface area contributed by atoms with Crippen molar-refractivity contribution in [1.29, 1.82) is 0 Å². The maximum atomic E-state index is 14.2. The molecule has 1 aliphatic heterocycles. The van der Waals surface area contributed by atoms with Gasteiger partial charge < -0.3 is 9.52 Å². The Hall–Kier alpha value is -3.06. The number of aromatic hydroxyl groups is 1. The predicted octanol–water partition coefficient (Wildman–Crippen LogP) is 5.12. The van der Waals surface area contributed by atoms with Gasteiger partial charge in [0, 0.05) is 28.1 Å². The number of hydrogen-bond acceptors (Lipinski definition) is 4. The van der Waals surface area contributed by atoms with E-state index in [0.29, 0.717) is 23.0 Å². The van der Waals surface area contributed by atoms with Gasteiger partial charge in [0.1, 0.15) is 16.5 Å². The molecule has 0 fully saturated rings. The molecule has 2 aromatic carbocycles. The third-order valence-electron chi connectivity index (χ3n) is 4.27. The average Bonchev–Trinajstić information content (AvgIpc) is 2.67. The second-order valence-electron chi connectivity index (χ2n) is 5.89. The fraction of sp³-hybridized carbons (Fsp3) is 0. The van der Waals surface area contributed by atoms with E-state index in [9.17, 15) is 23.5 Å². The van der Waals surface area contributed by atoms with E-state index in [1.165, 1.54) is 0 Å². The molecule has 0 amide bonds. The highest BCUT2D eigenvalue weighted by molar-refractivity contribution is 9.10. The molecule has 2 aromatic rings. The lowest BCUT2D eigenvalue weighted by atomic mass is 9.93. The minimum atomic E-state index is -0.971. The highest BCUT2D eigenvalue weighted by Crippen LogP contribution is 2.45. The minimum absolute atomic E-state index is 0.0260. The molecule has 1 aliphatic carbocycles. The van der Waals surface area contributed by atoms with Crippen LogP contribution in [0.25, 0.3) is 33.4 Å². The first kappa shape index (κ1) is 17.4. The molecule has 0 aromatic heterocycles. The molecule has 134 valence electrons. The van der Waals surface area contributed by atoms with Gasteiger partial charge in [0.2, 0.25) is 5.43 Å². The van der Waals surface area contributed by atoms with Crippen LogP contribution in [0.15, 0.2) is 56.1 Å². The molecule has 7 heteroatoms. The lowest BCUT2D eigenvalue weighted by molar-refractivity contribution is 0.112. The van der Waals surface area contributed by atoms with Crippen molar-refractivity contribution in [2.75, 3.05) is 0 Å². The number of carbonyl (C=O) groups is 1. The topological polar surface area (TPSA) is 67.5 Å². The summed E-state index contributed by atoms with van der Waals surface area (Å²) in [5.41, 5.74) is 0.905. The van der Waals surface area contributed by atoms with Crippen molar-refractivity contribution in [3.63, 3.8) is 0 Å². The van der Waals surface area contributed by atoms with Crippen LogP contribution in [0.4, 0.5) is 8.78 Å². The number of benzene rings is 3. The Morgan fingerprint density at radius 3 is 2.41 bits per heavy atom. The van der Waals surface area contributed by atoms with Crippen molar-refractivity contribution in [3.05, 3.63) is 74.4 Å². The number of aldehydes is 1. The summed E-state index contributed by atoms with van der Waals surface area (Å²) in [6.07, 6.45) is 0.679. The van der Waals surface area contributed by atoms with Crippen LogP contribution in [0.5, 0.6) is 5.75 Å². The van der Waals surface area contributed by atoms with Crippen molar-refractivity contribution in [2.45, 2.75) is 0 Å². The van der Waals surface area contributed by atoms with E-state index in [4.69, 9.17) is 4.42 Å². The molecule has 2 aliphatic rings. The summed E-state index contributed by atoms with van der Waals surface area (Å²) in [6.45, 7) is 0. The normalized spacial score (nSPS) is 11.2.